The Labute approximate surface area is 186 Å². The molecule has 1 amide bonds. The van der Waals surface area contributed by atoms with E-state index in [2.05, 4.69) is 16.8 Å². The van der Waals surface area contributed by atoms with Gasteiger partial charge in [-0.3, -0.25) is 4.90 Å². The first-order chi connectivity index (χ1) is 14.7. The molecule has 2 atom stereocenters. The first-order valence-electron chi connectivity index (χ1n) is 10.4. The molecule has 1 aromatic carbocycles. The highest BCUT2D eigenvalue weighted by atomic mass is 32.2. The van der Waals surface area contributed by atoms with Gasteiger partial charge < -0.3 is 14.4 Å². The Balaban J connectivity index is 1.60. The van der Waals surface area contributed by atoms with Crippen molar-refractivity contribution in [3.05, 3.63) is 48.2 Å². The van der Waals surface area contributed by atoms with Gasteiger partial charge in [0, 0.05) is 43.3 Å². The van der Waals surface area contributed by atoms with Crippen LogP contribution in [0.15, 0.2) is 52.5 Å². The minimum Gasteiger partial charge on any atom is -0.497 e. The van der Waals surface area contributed by atoms with Crippen molar-refractivity contribution in [3.8, 4) is 5.75 Å². The highest BCUT2D eigenvalue weighted by molar-refractivity contribution is 7.85. The predicted molar refractivity (Wildman–Crippen MR) is 120 cm³/mol. The number of carbonyl (C=O) groups is 1. The van der Waals surface area contributed by atoms with E-state index >= 15 is 0 Å². The third-order valence-electron chi connectivity index (χ3n) is 5.20. The highest BCUT2D eigenvalue weighted by Crippen LogP contribution is 2.24. The van der Waals surface area contributed by atoms with E-state index in [-0.39, 0.29) is 12.1 Å². The molecular weight excluding hydrogens is 414 g/mol. The van der Waals surface area contributed by atoms with Gasteiger partial charge in [0.2, 0.25) is 0 Å². The van der Waals surface area contributed by atoms with E-state index in [4.69, 9.17) is 9.47 Å². The second-order valence-electron chi connectivity index (χ2n) is 8.56. The molecule has 0 bridgehead atoms. The number of ether oxygens (including phenoxy) is 2. The van der Waals surface area contributed by atoms with Crippen LogP contribution in [0.1, 0.15) is 39.3 Å². The van der Waals surface area contributed by atoms with Crippen molar-refractivity contribution in [2.45, 2.75) is 49.3 Å². The lowest BCUT2D eigenvalue weighted by atomic mass is 10.1. The fourth-order valence-electron chi connectivity index (χ4n) is 3.41. The van der Waals surface area contributed by atoms with Gasteiger partial charge in [0.15, 0.2) is 0 Å². The Morgan fingerprint density at radius 1 is 1.13 bits per heavy atom. The Morgan fingerprint density at radius 2 is 1.84 bits per heavy atom. The van der Waals surface area contributed by atoms with Gasteiger partial charge >= 0.3 is 6.09 Å². The minimum atomic E-state index is -1.37. The molecule has 1 aliphatic heterocycles. The van der Waals surface area contributed by atoms with Gasteiger partial charge in [0.25, 0.3) is 0 Å². The molecule has 7 nitrogen and oxygen atoms in total. The van der Waals surface area contributed by atoms with Crippen molar-refractivity contribution in [2.24, 2.45) is 0 Å². The van der Waals surface area contributed by atoms with Crippen molar-refractivity contribution in [3.63, 3.8) is 0 Å². The zero-order valence-electron chi connectivity index (χ0n) is 18.8. The van der Waals surface area contributed by atoms with Crippen molar-refractivity contribution in [1.82, 2.24) is 14.8 Å². The number of pyridine rings is 1. The smallest absolute Gasteiger partial charge is 0.410 e. The van der Waals surface area contributed by atoms with Crippen molar-refractivity contribution < 1.29 is 18.5 Å². The second-order valence-corrected chi connectivity index (χ2v) is 9.98. The molecule has 2 unspecified atom stereocenters. The molecule has 31 heavy (non-hydrogen) atoms. The van der Waals surface area contributed by atoms with Crippen LogP contribution in [0.4, 0.5) is 4.79 Å². The summed E-state index contributed by atoms with van der Waals surface area (Å²) in [5.41, 5.74) is 0.567. The van der Waals surface area contributed by atoms with Crippen LogP contribution in [0.2, 0.25) is 0 Å². The van der Waals surface area contributed by atoms with E-state index < -0.39 is 16.4 Å². The van der Waals surface area contributed by atoms with Crippen LogP contribution in [-0.2, 0) is 15.5 Å². The summed E-state index contributed by atoms with van der Waals surface area (Å²) in [6.45, 7) is 10.5. The monoisotopic (exact) mass is 445 g/mol. The fourth-order valence-corrected chi connectivity index (χ4v) is 4.42. The number of carbonyl (C=O) groups excluding carboxylic acids is 1. The fraction of sp³-hybridized carbons (Fsp3) is 0.478. The van der Waals surface area contributed by atoms with E-state index in [1.54, 1.807) is 30.3 Å². The summed E-state index contributed by atoms with van der Waals surface area (Å²) in [4.78, 5) is 21.4. The Hall–Kier alpha value is -2.45. The Bertz CT molecular complexity index is 919. The van der Waals surface area contributed by atoms with Crippen LogP contribution in [0.3, 0.4) is 0 Å². The molecule has 0 saturated carbocycles. The number of benzene rings is 1. The Kier molecular flexibility index (Phi) is 7.33. The number of piperazine rings is 1. The van der Waals surface area contributed by atoms with E-state index in [0.29, 0.717) is 28.8 Å². The zero-order chi connectivity index (χ0) is 22.6. The van der Waals surface area contributed by atoms with Crippen molar-refractivity contribution in [1.29, 1.82) is 0 Å². The van der Waals surface area contributed by atoms with Crippen LogP contribution in [-0.4, -0.2) is 64.0 Å². The van der Waals surface area contributed by atoms with E-state index in [1.165, 1.54) is 0 Å². The van der Waals surface area contributed by atoms with Gasteiger partial charge in [-0.25, -0.2) is 14.0 Å². The molecule has 3 rings (SSSR count). The summed E-state index contributed by atoms with van der Waals surface area (Å²) in [5, 5.41) is 0.513. The maximum absolute atomic E-state index is 12.8. The summed E-state index contributed by atoms with van der Waals surface area (Å²) >= 11 is 0. The first-order valence-corrected chi connectivity index (χ1v) is 11.6. The van der Waals surface area contributed by atoms with E-state index in [9.17, 15) is 9.00 Å². The van der Waals surface area contributed by atoms with Crippen molar-refractivity contribution >= 4 is 16.9 Å². The normalized spacial score (nSPS) is 17.1. The number of hydrogen-bond acceptors (Lipinski definition) is 6. The quantitative estimate of drug-likeness (QED) is 0.696. The highest BCUT2D eigenvalue weighted by Gasteiger charge is 2.28. The number of rotatable bonds is 5. The summed E-state index contributed by atoms with van der Waals surface area (Å²) in [6, 6.07) is 11.1. The molecule has 8 heteroatoms. The molecule has 2 heterocycles. The summed E-state index contributed by atoms with van der Waals surface area (Å²) in [7, 11) is 0.221. The van der Waals surface area contributed by atoms with Gasteiger partial charge in [-0.05, 0) is 57.5 Å². The van der Waals surface area contributed by atoms with Crippen LogP contribution in [0, 0.1) is 0 Å². The molecule has 1 saturated heterocycles. The van der Waals surface area contributed by atoms with Crippen LogP contribution < -0.4 is 4.74 Å². The zero-order valence-corrected chi connectivity index (χ0v) is 19.6. The minimum absolute atomic E-state index is 0.146. The summed E-state index contributed by atoms with van der Waals surface area (Å²) < 4.78 is 23.5. The van der Waals surface area contributed by atoms with Gasteiger partial charge in [-0.2, -0.15) is 0 Å². The van der Waals surface area contributed by atoms with Gasteiger partial charge in [-0.1, -0.05) is 12.1 Å². The van der Waals surface area contributed by atoms with E-state index in [0.717, 1.165) is 18.7 Å². The van der Waals surface area contributed by atoms with Gasteiger partial charge in [0.05, 0.1) is 7.11 Å². The first kappa shape index (κ1) is 23.2. The molecule has 0 radical (unpaired) electrons. The maximum Gasteiger partial charge on any atom is 0.410 e. The van der Waals surface area contributed by atoms with Crippen molar-refractivity contribution in [2.75, 3.05) is 33.3 Å². The number of methoxy groups -OCH3 is 1. The lowest BCUT2D eigenvalue weighted by molar-refractivity contribution is 0.0110. The summed E-state index contributed by atoms with van der Waals surface area (Å²) in [6.07, 6.45) is 1.53. The number of hydrogen-bond donors (Lipinski definition) is 0. The average Bonchev–Trinajstić information content (AvgIpc) is 2.77. The molecule has 0 N–H and O–H groups in total. The largest absolute Gasteiger partial charge is 0.497 e. The molecule has 1 fully saturated rings. The third-order valence-corrected chi connectivity index (χ3v) is 6.50. The molecule has 0 aliphatic carbocycles. The van der Waals surface area contributed by atoms with Crippen LogP contribution >= 0.6 is 0 Å². The topological polar surface area (TPSA) is 72.0 Å². The van der Waals surface area contributed by atoms with Crippen LogP contribution in [0.25, 0.3) is 0 Å². The number of nitrogens with zero attached hydrogens (tertiary/aromatic N) is 3. The Morgan fingerprint density at radius 3 is 2.42 bits per heavy atom. The average molecular weight is 446 g/mol. The van der Waals surface area contributed by atoms with E-state index in [1.807, 2.05) is 45.0 Å². The summed E-state index contributed by atoms with van der Waals surface area (Å²) in [5.74, 6) is 0.668. The molecular formula is C23H31N3O4S. The van der Waals surface area contributed by atoms with Gasteiger partial charge in [0.1, 0.15) is 27.2 Å². The standard InChI is InChI=1S/C23H31N3O4S/c1-17(25-11-13-26(14-12-25)22(27)30-23(2,3)4)18-9-10-21(24-16-18)31(28)20-8-6-7-19(15-20)29-5/h6-10,15-17H,11-14H2,1-5H3. The lowest BCUT2D eigenvalue weighted by Gasteiger charge is -2.38. The molecule has 0 spiro atoms. The number of aromatic nitrogens is 1. The maximum atomic E-state index is 12.8. The molecule has 2 aromatic rings. The predicted octanol–water partition coefficient (Wildman–Crippen LogP) is 3.87. The second kappa shape index (κ2) is 9.78. The molecule has 1 aromatic heterocycles. The van der Waals surface area contributed by atoms with Crippen LogP contribution in [0.5, 0.6) is 5.75 Å². The number of amides is 1. The molecule has 1 aliphatic rings. The SMILES string of the molecule is COc1cccc(S(=O)c2ccc(C(C)N3CCN(C(=O)OC(C)(C)C)CC3)cn2)c1. The van der Waals surface area contributed by atoms with Gasteiger partial charge in [-0.15, -0.1) is 0 Å². The lowest BCUT2D eigenvalue weighted by Crippen LogP contribution is -2.50. The molecule has 168 valence electrons. The third kappa shape index (κ3) is 6.04.